The Kier molecular flexibility index (Phi) is 3.60. The van der Waals surface area contributed by atoms with Crippen molar-refractivity contribution in [1.82, 2.24) is 0 Å². The molecule has 0 spiro atoms. The molecule has 0 fully saturated rings. The van der Waals surface area contributed by atoms with Crippen LogP contribution in [0.15, 0.2) is 42.3 Å². The molecule has 0 aliphatic rings. The Morgan fingerprint density at radius 1 is 0.933 bits per heavy atom. The van der Waals surface area contributed by atoms with E-state index in [0.29, 0.717) is 9.69 Å². The fourth-order valence-corrected chi connectivity index (χ4v) is 2.66. The molecule has 0 saturated carbocycles. The minimum Gasteiger partial charge on any atom is -0.447 e. The summed E-state index contributed by atoms with van der Waals surface area (Å²) in [7, 11) is 0. The molecule has 2 rings (SSSR count). The van der Waals surface area contributed by atoms with Crippen LogP contribution in [0.2, 0.25) is 5.02 Å². The minimum absolute atomic E-state index is 0.666. The molecule has 0 bridgehead atoms. The molecule has 5 heteroatoms. The van der Waals surface area contributed by atoms with Gasteiger partial charge >= 0.3 is 0 Å². The van der Waals surface area contributed by atoms with Crippen molar-refractivity contribution in [3.8, 4) is 11.3 Å². The monoisotopic (exact) mass is 412 g/mol. The van der Waals surface area contributed by atoms with Gasteiger partial charge in [-0.05, 0) is 72.1 Å². The predicted molar refractivity (Wildman–Crippen MR) is 72.3 cm³/mol. The minimum atomic E-state index is 0.666. The lowest BCUT2D eigenvalue weighted by molar-refractivity contribution is 0.553. The van der Waals surface area contributed by atoms with Gasteiger partial charge in [-0.2, -0.15) is 0 Å². The molecule has 1 aromatic heterocycles. The van der Waals surface area contributed by atoms with E-state index in [2.05, 4.69) is 47.8 Å². The van der Waals surface area contributed by atoms with Gasteiger partial charge in [0.2, 0.25) is 0 Å². The highest BCUT2D eigenvalue weighted by molar-refractivity contribution is 9.14. The summed E-state index contributed by atoms with van der Waals surface area (Å²) >= 11 is 16.0. The van der Waals surface area contributed by atoms with Crippen LogP contribution >= 0.6 is 59.4 Å². The maximum atomic E-state index is 5.81. The SMILES string of the molecule is Clc1ccc(-c2oc(Br)c(Br)c2Br)cc1. The Balaban J connectivity index is 2.54. The van der Waals surface area contributed by atoms with Gasteiger partial charge in [0, 0.05) is 10.6 Å². The molecule has 0 atom stereocenters. The number of halogens is 4. The summed E-state index contributed by atoms with van der Waals surface area (Å²) in [6.07, 6.45) is 0. The van der Waals surface area contributed by atoms with Gasteiger partial charge in [-0.1, -0.05) is 11.6 Å². The third-order valence-electron chi connectivity index (χ3n) is 1.86. The van der Waals surface area contributed by atoms with E-state index in [9.17, 15) is 0 Å². The Bertz CT molecular complexity index is 490. The summed E-state index contributed by atoms with van der Waals surface area (Å²) in [4.78, 5) is 0. The average molecular weight is 415 g/mol. The summed E-state index contributed by atoms with van der Waals surface area (Å²) in [5, 5.41) is 0.708. The zero-order valence-corrected chi connectivity index (χ0v) is 12.7. The van der Waals surface area contributed by atoms with Gasteiger partial charge < -0.3 is 4.42 Å². The van der Waals surface area contributed by atoms with Crippen LogP contribution in [-0.2, 0) is 0 Å². The van der Waals surface area contributed by atoms with Crippen molar-refractivity contribution in [3.63, 3.8) is 0 Å². The van der Waals surface area contributed by atoms with Gasteiger partial charge in [0.1, 0.15) is 0 Å². The maximum Gasteiger partial charge on any atom is 0.185 e. The number of benzene rings is 1. The third-order valence-corrected chi connectivity index (χ3v) is 5.25. The molecule has 1 nitrogen and oxygen atoms in total. The van der Waals surface area contributed by atoms with E-state index < -0.39 is 0 Å². The Labute approximate surface area is 117 Å². The lowest BCUT2D eigenvalue weighted by Crippen LogP contribution is -1.74. The fraction of sp³-hybridized carbons (Fsp3) is 0. The molecule has 0 radical (unpaired) electrons. The van der Waals surface area contributed by atoms with Crippen LogP contribution in [0.25, 0.3) is 11.3 Å². The van der Waals surface area contributed by atoms with Gasteiger partial charge in [-0.3, -0.25) is 0 Å². The number of hydrogen-bond donors (Lipinski definition) is 0. The molecule has 0 unspecified atom stereocenters. The molecule has 1 heterocycles. The van der Waals surface area contributed by atoms with Gasteiger partial charge in [0.15, 0.2) is 10.4 Å². The van der Waals surface area contributed by atoms with Crippen molar-refractivity contribution in [2.24, 2.45) is 0 Å². The summed E-state index contributed by atoms with van der Waals surface area (Å²) in [5.41, 5.74) is 0.970. The normalized spacial score (nSPS) is 10.7. The molecular formula is C10H4Br3ClO. The van der Waals surface area contributed by atoms with Crippen LogP contribution in [0.4, 0.5) is 0 Å². The summed E-state index contributed by atoms with van der Waals surface area (Å²) in [6, 6.07) is 7.47. The number of rotatable bonds is 1. The van der Waals surface area contributed by atoms with E-state index in [1.807, 2.05) is 24.3 Å². The van der Waals surface area contributed by atoms with Crippen molar-refractivity contribution < 1.29 is 4.42 Å². The molecule has 78 valence electrons. The molecule has 0 aliphatic heterocycles. The van der Waals surface area contributed by atoms with Gasteiger partial charge in [0.25, 0.3) is 0 Å². The zero-order chi connectivity index (χ0) is 11.0. The number of hydrogen-bond acceptors (Lipinski definition) is 1. The first-order chi connectivity index (χ1) is 7.09. The fourth-order valence-electron chi connectivity index (χ4n) is 1.15. The first-order valence-electron chi connectivity index (χ1n) is 3.99. The second kappa shape index (κ2) is 4.62. The second-order valence-corrected chi connectivity index (χ2v) is 5.58. The number of furan rings is 1. The topological polar surface area (TPSA) is 13.1 Å². The van der Waals surface area contributed by atoms with Crippen LogP contribution in [0.5, 0.6) is 0 Å². The Morgan fingerprint density at radius 3 is 2.00 bits per heavy atom. The molecule has 1 aromatic carbocycles. The van der Waals surface area contributed by atoms with E-state index in [0.717, 1.165) is 20.3 Å². The summed E-state index contributed by atoms with van der Waals surface area (Å²) < 4.78 is 7.97. The van der Waals surface area contributed by atoms with Crippen LogP contribution in [0, 0.1) is 0 Å². The highest BCUT2D eigenvalue weighted by atomic mass is 79.9. The van der Waals surface area contributed by atoms with E-state index in [1.54, 1.807) is 0 Å². The average Bonchev–Trinajstić information content (AvgIpc) is 2.47. The smallest absolute Gasteiger partial charge is 0.185 e. The molecule has 0 saturated heterocycles. The quantitative estimate of drug-likeness (QED) is 0.566. The highest BCUT2D eigenvalue weighted by Gasteiger charge is 2.15. The van der Waals surface area contributed by atoms with E-state index >= 15 is 0 Å². The standard InChI is InChI=1S/C10H4Br3ClO/c11-7-8(12)10(13)15-9(7)5-1-3-6(14)4-2-5/h1-4H. The highest BCUT2D eigenvalue weighted by Crippen LogP contribution is 2.41. The van der Waals surface area contributed by atoms with Crippen LogP contribution in [0.3, 0.4) is 0 Å². The zero-order valence-electron chi connectivity index (χ0n) is 7.23. The van der Waals surface area contributed by atoms with Gasteiger partial charge in [-0.15, -0.1) is 0 Å². The Morgan fingerprint density at radius 2 is 1.53 bits per heavy atom. The largest absolute Gasteiger partial charge is 0.447 e. The van der Waals surface area contributed by atoms with Crippen LogP contribution in [-0.4, -0.2) is 0 Å². The van der Waals surface area contributed by atoms with E-state index in [-0.39, 0.29) is 0 Å². The molecule has 0 aliphatic carbocycles. The van der Waals surface area contributed by atoms with Gasteiger partial charge in [-0.25, -0.2) is 0 Å². The molecule has 0 N–H and O–H groups in total. The summed E-state index contributed by atoms with van der Waals surface area (Å²) in [6.45, 7) is 0. The second-order valence-electron chi connectivity index (χ2n) is 2.84. The van der Waals surface area contributed by atoms with E-state index in [4.69, 9.17) is 16.0 Å². The lowest BCUT2D eigenvalue weighted by Gasteiger charge is -1.97. The Hall–Kier alpha value is 0.230. The van der Waals surface area contributed by atoms with Crippen molar-refractivity contribution in [3.05, 3.63) is 42.9 Å². The van der Waals surface area contributed by atoms with Crippen LogP contribution in [0.1, 0.15) is 0 Å². The van der Waals surface area contributed by atoms with E-state index in [1.165, 1.54) is 0 Å². The lowest BCUT2D eigenvalue weighted by atomic mass is 10.2. The van der Waals surface area contributed by atoms with Crippen molar-refractivity contribution in [2.75, 3.05) is 0 Å². The first kappa shape index (κ1) is 11.7. The molecule has 15 heavy (non-hydrogen) atoms. The predicted octanol–water partition coefficient (Wildman–Crippen LogP) is 5.89. The molecular weight excluding hydrogens is 411 g/mol. The van der Waals surface area contributed by atoms with Gasteiger partial charge in [0.05, 0.1) is 8.95 Å². The van der Waals surface area contributed by atoms with Crippen LogP contribution < -0.4 is 0 Å². The first-order valence-corrected chi connectivity index (χ1v) is 6.74. The van der Waals surface area contributed by atoms with Crippen molar-refractivity contribution >= 4 is 59.4 Å². The third kappa shape index (κ3) is 2.33. The molecule has 0 amide bonds. The summed E-state index contributed by atoms with van der Waals surface area (Å²) in [5.74, 6) is 0.769. The van der Waals surface area contributed by atoms with Crippen molar-refractivity contribution in [1.29, 1.82) is 0 Å². The maximum absolute atomic E-state index is 5.81. The van der Waals surface area contributed by atoms with Crippen molar-refractivity contribution in [2.45, 2.75) is 0 Å². The molecule has 2 aromatic rings.